The second kappa shape index (κ2) is 5.63. The van der Waals surface area contributed by atoms with Crippen LogP contribution in [-0.2, 0) is 0 Å². The summed E-state index contributed by atoms with van der Waals surface area (Å²) in [4.78, 5) is 16.2. The van der Waals surface area contributed by atoms with E-state index in [4.69, 9.17) is 0 Å². The zero-order valence-electron chi connectivity index (χ0n) is 11.3. The van der Waals surface area contributed by atoms with E-state index in [0.717, 1.165) is 31.2 Å². The molecule has 0 saturated heterocycles. The Morgan fingerprint density at radius 2 is 2.40 bits per heavy atom. The molecule has 2 atom stereocenters. The van der Waals surface area contributed by atoms with Crippen molar-refractivity contribution >= 4 is 11.4 Å². The standard InChI is InChI=1S/C15H19N3O2/c19-14-3-1-2-11(6-14)8-17-15(20)12-4-5-18-10-16-9-13(18)7-12/h4-5,7,9-11,14,19H,1-3,6,8H2,(H,17,20). The van der Waals surface area contributed by atoms with E-state index in [2.05, 4.69) is 10.3 Å². The molecular weight excluding hydrogens is 254 g/mol. The highest BCUT2D eigenvalue weighted by Gasteiger charge is 2.20. The number of nitrogens with zero attached hydrogens (tertiary/aromatic N) is 2. The lowest BCUT2D eigenvalue weighted by atomic mass is 9.87. The number of fused-ring (bicyclic) bond motifs is 1. The fourth-order valence-electron chi connectivity index (χ4n) is 2.85. The highest BCUT2D eigenvalue weighted by Crippen LogP contribution is 2.23. The van der Waals surface area contributed by atoms with Crippen LogP contribution in [-0.4, -0.2) is 33.0 Å². The van der Waals surface area contributed by atoms with E-state index >= 15 is 0 Å². The number of carbonyl (C=O) groups is 1. The molecule has 20 heavy (non-hydrogen) atoms. The third-order valence-corrected chi connectivity index (χ3v) is 3.98. The molecule has 1 aliphatic rings. The van der Waals surface area contributed by atoms with Gasteiger partial charge in [0.2, 0.25) is 0 Å². The number of pyridine rings is 1. The summed E-state index contributed by atoms with van der Waals surface area (Å²) in [7, 11) is 0. The molecule has 5 nitrogen and oxygen atoms in total. The number of imidazole rings is 1. The molecule has 0 aromatic carbocycles. The Bertz CT molecular complexity index is 608. The third kappa shape index (κ3) is 2.82. The molecule has 0 spiro atoms. The Morgan fingerprint density at radius 1 is 1.50 bits per heavy atom. The second-order valence-electron chi connectivity index (χ2n) is 5.54. The van der Waals surface area contributed by atoms with Crippen molar-refractivity contribution in [3.8, 4) is 0 Å². The van der Waals surface area contributed by atoms with Gasteiger partial charge in [-0.3, -0.25) is 4.79 Å². The number of amides is 1. The van der Waals surface area contributed by atoms with Gasteiger partial charge in [0.1, 0.15) is 0 Å². The van der Waals surface area contributed by atoms with Crippen LogP contribution in [0.25, 0.3) is 5.52 Å². The predicted molar refractivity (Wildman–Crippen MR) is 75.5 cm³/mol. The Kier molecular flexibility index (Phi) is 3.69. The first kappa shape index (κ1) is 13.1. The number of carbonyl (C=O) groups excluding carboxylic acids is 1. The number of aromatic nitrogens is 2. The SMILES string of the molecule is O=C(NCC1CCCC(O)C1)c1ccn2cncc2c1. The van der Waals surface area contributed by atoms with Gasteiger partial charge in [-0.15, -0.1) is 0 Å². The van der Waals surface area contributed by atoms with Crippen molar-refractivity contribution in [3.05, 3.63) is 36.4 Å². The lowest BCUT2D eigenvalue weighted by Crippen LogP contribution is -2.33. The first-order valence-corrected chi connectivity index (χ1v) is 7.10. The van der Waals surface area contributed by atoms with E-state index in [1.807, 2.05) is 16.7 Å². The quantitative estimate of drug-likeness (QED) is 0.893. The maximum atomic E-state index is 12.1. The minimum Gasteiger partial charge on any atom is -0.393 e. The molecule has 2 aromatic heterocycles. The maximum absolute atomic E-state index is 12.1. The number of rotatable bonds is 3. The molecule has 0 radical (unpaired) electrons. The van der Waals surface area contributed by atoms with Crippen LogP contribution in [0, 0.1) is 5.92 Å². The summed E-state index contributed by atoms with van der Waals surface area (Å²) in [6.45, 7) is 0.639. The van der Waals surface area contributed by atoms with Crippen molar-refractivity contribution in [2.24, 2.45) is 5.92 Å². The highest BCUT2D eigenvalue weighted by atomic mass is 16.3. The van der Waals surface area contributed by atoms with Crippen LogP contribution in [0.3, 0.4) is 0 Å². The van der Waals surface area contributed by atoms with Crippen molar-refractivity contribution < 1.29 is 9.90 Å². The van der Waals surface area contributed by atoms with Gasteiger partial charge in [-0.05, 0) is 37.3 Å². The summed E-state index contributed by atoms with van der Waals surface area (Å²) in [5.41, 5.74) is 1.56. The van der Waals surface area contributed by atoms with Crippen LogP contribution in [0.5, 0.6) is 0 Å². The van der Waals surface area contributed by atoms with Gasteiger partial charge in [0.15, 0.2) is 0 Å². The van der Waals surface area contributed by atoms with Crippen molar-refractivity contribution in [2.75, 3.05) is 6.54 Å². The Hall–Kier alpha value is -1.88. The third-order valence-electron chi connectivity index (χ3n) is 3.98. The molecule has 1 amide bonds. The zero-order chi connectivity index (χ0) is 13.9. The molecule has 1 fully saturated rings. The molecule has 2 aromatic rings. The summed E-state index contributed by atoms with van der Waals surface area (Å²) in [5, 5.41) is 12.6. The van der Waals surface area contributed by atoms with Crippen molar-refractivity contribution in [1.82, 2.24) is 14.7 Å². The molecule has 0 bridgehead atoms. The monoisotopic (exact) mass is 273 g/mol. The van der Waals surface area contributed by atoms with Crippen LogP contribution >= 0.6 is 0 Å². The van der Waals surface area contributed by atoms with E-state index in [1.165, 1.54) is 0 Å². The maximum Gasteiger partial charge on any atom is 0.251 e. The van der Waals surface area contributed by atoms with Crippen molar-refractivity contribution in [1.29, 1.82) is 0 Å². The minimum atomic E-state index is -0.200. The lowest BCUT2D eigenvalue weighted by Gasteiger charge is -2.25. The summed E-state index contributed by atoms with van der Waals surface area (Å²) >= 11 is 0. The molecule has 2 N–H and O–H groups in total. The summed E-state index contributed by atoms with van der Waals surface area (Å²) < 4.78 is 1.87. The average molecular weight is 273 g/mol. The number of hydrogen-bond acceptors (Lipinski definition) is 3. The van der Waals surface area contributed by atoms with Crippen molar-refractivity contribution in [3.63, 3.8) is 0 Å². The molecule has 1 aliphatic carbocycles. The van der Waals surface area contributed by atoms with E-state index in [9.17, 15) is 9.90 Å². The van der Waals surface area contributed by atoms with Gasteiger partial charge in [-0.2, -0.15) is 0 Å². The predicted octanol–water partition coefficient (Wildman–Crippen LogP) is 1.62. The average Bonchev–Trinajstić information content (AvgIpc) is 2.92. The number of aliphatic hydroxyl groups is 1. The summed E-state index contributed by atoms with van der Waals surface area (Å²) in [6, 6.07) is 3.62. The summed E-state index contributed by atoms with van der Waals surface area (Å²) in [6.07, 6.45) is 8.89. The smallest absolute Gasteiger partial charge is 0.251 e. The topological polar surface area (TPSA) is 66.6 Å². The Labute approximate surface area is 117 Å². The van der Waals surface area contributed by atoms with Crippen LogP contribution in [0.4, 0.5) is 0 Å². The number of nitrogens with one attached hydrogen (secondary N) is 1. The first-order valence-electron chi connectivity index (χ1n) is 7.10. The lowest BCUT2D eigenvalue weighted by molar-refractivity contribution is 0.0874. The van der Waals surface area contributed by atoms with Gasteiger partial charge in [0.25, 0.3) is 5.91 Å². The molecule has 5 heteroatoms. The molecule has 0 aliphatic heterocycles. The fraction of sp³-hybridized carbons (Fsp3) is 0.467. The van der Waals surface area contributed by atoms with Crippen LogP contribution in [0.2, 0.25) is 0 Å². The van der Waals surface area contributed by atoms with Gasteiger partial charge >= 0.3 is 0 Å². The highest BCUT2D eigenvalue weighted by molar-refractivity contribution is 5.95. The molecule has 106 valence electrons. The summed E-state index contributed by atoms with van der Waals surface area (Å²) in [5.74, 6) is 0.329. The van der Waals surface area contributed by atoms with Gasteiger partial charge in [-0.25, -0.2) is 4.98 Å². The molecule has 3 rings (SSSR count). The minimum absolute atomic E-state index is 0.0613. The zero-order valence-corrected chi connectivity index (χ0v) is 11.3. The van der Waals surface area contributed by atoms with Crippen LogP contribution in [0.1, 0.15) is 36.0 Å². The molecule has 2 heterocycles. The number of aliphatic hydroxyl groups excluding tert-OH is 1. The van der Waals surface area contributed by atoms with Crippen LogP contribution < -0.4 is 5.32 Å². The second-order valence-corrected chi connectivity index (χ2v) is 5.54. The van der Waals surface area contributed by atoms with Gasteiger partial charge in [-0.1, -0.05) is 6.42 Å². The van der Waals surface area contributed by atoms with E-state index in [0.29, 0.717) is 18.0 Å². The van der Waals surface area contributed by atoms with Gasteiger partial charge in [0.05, 0.1) is 24.1 Å². The van der Waals surface area contributed by atoms with Crippen molar-refractivity contribution in [2.45, 2.75) is 31.8 Å². The largest absolute Gasteiger partial charge is 0.393 e. The van der Waals surface area contributed by atoms with Gasteiger partial charge < -0.3 is 14.8 Å². The number of hydrogen-bond donors (Lipinski definition) is 2. The van der Waals surface area contributed by atoms with Gasteiger partial charge in [0, 0.05) is 18.3 Å². The Balaban J connectivity index is 1.60. The van der Waals surface area contributed by atoms with E-state index < -0.39 is 0 Å². The Morgan fingerprint density at radius 3 is 3.25 bits per heavy atom. The van der Waals surface area contributed by atoms with E-state index in [1.54, 1.807) is 18.6 Å². The molecule has 1 saturated carbocycles. The molecular formula is C15H19N3O2. The fourth-order valence-corrected chi connectivity index (χ4v) is 2.85. The van der Waals surface area contributed by atoms with E-state index in [-0.39, 0.29) is 12.0 Å². The normalized spacial score (nSPS) is 22.9. The van der Waals surface area contributed by atoms with Crippen LogP contribution in [0.15, 0.2) is 30.9 Å². The first-order chi connectivity index (χ1) is 9.72. The molecule has 2 unspecified atom stereocenters.